The fourth-order valence-electron chi connectivity index (χ4n) is 2.37. The predicted octanol–water partition coefficient (Wildman–Crippen LogP) is 2.77. The van der Waals surface area contributed by atoms with Crippen molar-refractivity contribution >= 4 is 27.3 Å². The van der Waals surface area contributed by atoms with E-state index in [1.165, 1.54) is 10.5 Å². The lowest BCUT2D eigenvalue weighted by Crippen LogP contribution is -2.38. The minimum Gasteiger partial charge on any atom is -0.489 e. The Balaban J connectivity index is 1.92. The highest BCUT2D eigenvalue weighted by atomic mass is 35.5. The lowest BCUT2D eigenvalue weighted by molar-refractivity contribution is 0.315. The molecule has 1 aliphatic heterocycles. The van der Waals surface area contributed by atoms with Gasteiger partial charge >= 0.3 is 0 Å². The lowest BCUT2D eigenvalue weighted by atomic mass is 10.2. The van der Waals surface area contributed by atoms with Gasteiger partial charge in [-0.1, -0.05) is 23.7 Å². The molecule has 2 heterocycles. The fourth-order valence-corrected chi connectivity index (χ4v) is 4.03. The Kier molecular flexibility index (Phi) is 3.97. The molecule has 0 amide bonds. The van der Waals surface area contributed by atoms with Crippen LogP contribution in [0, 0.1) is 6.92 Å². The van der Waals surface area contributed by atoms with Crippen LogP contribution in [0.2, 0.25) is 5.15 Å². The van der Waals surface area contributed by atoms with Gasteiger partial charge in [0.05, 0.1) is 18.0 Å². The van der Waals surface area contributed by atoms with E-state index in [1.807, 2.05) is 19.1 Å². The maximum Gasteiger partial charge on any atom is 0.239 e. The van der Waals surface area contributed by atoms with Gasteiger partial charge in [-0.15, -0.1) is 0 Å². The second kappa shape index (κ2) is 5.78. The average Bonchev–Trinajstić information content (AvgIpc) is 2.48. The molecule has 0 atom stereocenters. The van der Waals surface area contributed by atoms with E-state index < -0.39 is 10.0 Å². The van der Waals surface area contributed by atoms with Crippen molar-refractivity contribution < 1.29 is 13.2 Å². The summed E-state index contributed by atoms with van der Waals surface area (Å²) in [5, 5.41) is 0.341. The second-order valence-corrected chi connectivity index (χ2v) is 7.42. The molecule has 0 unspecified atom stereocenters. The summed E-state index contributed by atoms with van der Waals surface area (Å²) in [6, 6.07) is 8.76. The van der Waals surface area contributed by atoms with Crippen LogP contribution in [0.4, 0.5) is 5.69 Å². The van der Waals surface area contributed by atoms with Crippen LogP contribution in [-0.2, 0) is 15.8 Å². The van der Waals surface area contributed by atoms with Crippen molar-refractivity contribution in [3.8, 4) is 5.75 Å². The van der Waals surface area contributed by atoms with Crippen LogP contribution < -0.4 is 9.04 Å². The molecule has 0 saturated carbocycles. The third kappa shape index (κ3) is 3.03. The zero-order valence-corrected chi connectivity index (χ0v) is 13.6. The number of nitrogens with zero attached hydrogens (tertiary/aromatic N) is 2. The van der Waals surface area contributed by atoms with Gasteiger partial charge in [-0.05, 0) is 36.2 Å². The number of hydrogen-bond donors (Lipinski definition) is 0. The molecular weight excluding hydrogens is 324 g/mol. The van der Waals surface area contributed by atoms with E-state index >= 15 is 0 Å². The maximum absolute atomic E-state index is 12.7. The van der Waals surface area contributed by atoms with Gasteiger partial charge in [0.25, 0.3) is 0 Å². The Hall–Kier alpha value is -1.79. The van der Waals surface area contributed by atoms with E-state index in [-0.39, 0.29) is 5.75 Å². The molecule has 0 aliphatic carbocycles. The van der Waals surface area contributed by atoms with E-state index in [0.29, 0.717) is 35.3 Å². The van der Waals surface area contributed by atoms with Crippen LogP contribution in [0.3, 0.4) is 0 Å². The van der Waals surface area contributed by atoms with Gasteiger partial charge < -0.3 is 4.74 Å². The number of rotatable bonds is 3. The van der Waals surface area contributed by atoms with Gasteiger partial charge in [-0.25, -0.2) is 13.4 Å². The van der Waals surface area contributed by atoms with Crippen molar-refractivity contribution in [2.75, 3.05) is 17.5 Å². The van der Waals surface area contributed by atoms with E-state index in [2.05, 4.69) is 4.98 Å². The fraction of sp³-hybridized carbons (Fsp3) is 0.267. The predicted molar refractivity (Wildman–Crippen MR) is 85.9 cm³/mol. The highest BCUT2D eigenvalue weighted by Crippen LogP contribution is 2.34. The quantitative estimate of drug-likeness (QED) is 0.807. The number of halogens is 1. The Labute approximate surface area is 134 Å². The van der Waals surface area contributed by atoms with Crippen LogP contribution in [0.15, 0.2) is 36.5 Å². The first-order valence-corrected chi connectivity index (χ1v) is 8.79. The molecule has 7 heteroatoms. The molecule has 0 radical (unpaired) electrons. The molecule has 1 aromatic heterocycles. The molecule has 0 bridgehead atoms. The summed E-state index contributed by atoms with van der Waals surface area (Å²) >= 11 is 5.73. The molecule has 1 aliphatic rings. The standard InChI is InChI=1S/C15H15ClN2O3S/c1-11-2-4-13-14(8-11)21-7-6-18(13)22(19,20)10-12-3-5-15(16)17-9-12/h2-5,8-9H,6-7,10H2,1H3. The molecule has 0 fully saturated rings. The van der Waals surface area contributed by atoms with E-state index in [9.17, 15) is 8.42 Å². The first-order valence-electron chi connectivity index (χ1n) is 6.80. The number of sulfonamides is 1. The molecule has 1 aromatic carbocycles. The molecule has 116 valence electrons. The minimum absolute atomic E-state index is 0.121. The average molecular weight is 339 g/mol. The number of benzene rings is 1. The van der Waals surface area contributed by atoms with Gasteiger partial charge in [0.1, 0.15) is 17.5 Å². The first kappa shape index (κ1) is 15.1. The van der Waals surface area contributed by atoms with Crippen molar-refractivity contribution in [3.05, 3.63) is 52.8 Å². The van der Waals surface area contributed by atoms with Gasteiger partial charge in [0.15, 0.2) is 0 Å². The SMILES string of the molecule is Cc1ccc2c(c1)OCCN2S(=O)(=O)Cc1ccc(Cl)nc1. The summed E-state index contributed by atoms with van der Waals surface area (Å²) in [6.07, 6.45) is 1.48. The van der Waals surface area contributed by atoms with Crippen LogP contribution in [-0.4, -0.2) is 26.6 Å². The van der Waals surface area contributed by atoms with Crippen LogP contribution in [0.5, 0.6) is 5.75 Å². The molecule has 0 spiro atoms. The Morgan fingerprint density at radius 3 is 2.86 bits per heavy atom. The zero-order chi connectivity index (χ0) is 15.7. The monoisotopic (exact) mass is 338 g/mol. The smallest absolute Gasteiger partial charge is 0.239 e. The summed E-state index contributed by atoms with van der Waals surface area (Å²) in [4.78, 5) is 3.92. The first-order chi connectivity index (χ1) is 10.5. The number of ether oxygens (including phenoxy) is 1. The van der Waals surface area contributed by atoms with Gasteiger partial charge in [-0.3, -0.25) is 4.31 Å². The maximum atomic E-state index is 12.7. The molecule has 3 rings (SSSR count). The van der Waals surface area contributed by atoms with Crippen molar-refractivity contribution in [2.45, 2.75) is 12.7 Å². The third-order valence-corrected chi connectivity index (χ3v) is 5.38. The van der Waals surface area contributed by atoms with Gasteiger partial charge in [0.2, 0.25) is 10.0 Å². The Bertz CT molecular complexity index is 791. The number of anilines is 1. The van der Waals surface area contributed by atoms with E-state index in [0.717, 1.165) is 5.56 Å². The number of hydrogen-bond acceptors (Lipinski definition) is 4. The summed E-state index contributed by atoms with van der Waals surface area (Å²) in [6.45, 7) is 2.59. The Morgan fingerprint density at radius 2 is 2.14 bits per heavy atom. The van der Waals surface area contributed by atoms with Gasteiger partial charge in [0, 0.05) is 6.20 Å². The van der Waals surface area contributed by atoms with Crippen molar-refractivity contribution in [3.63, 3.8) is 0 Å². The molecule has 5 nitrogen and oxygen atoms in total. The number of aromatic nitrogens is 1. The summed E-state index contributed by atoms with van der Waals surface area (Å²) < 4.78 is 32.4. The normalized spacial score (nSPS) is 14.4. The summed E-state index contributed by atoms with van der Waals surface area (Å²) in [5.41, 5.74) is 2.21. The van der Waals surface area contributed by atoms with Gasteiger partial charge in [-0.2, -0.15) is 0 Å². The molecule has 0 N–H and O–H groups in total. The van der Waals surface area contributed by atoms with Crippen LogP contribution in [0.1, 0.15) is 11.1 Å². The number of fused-ring (bicyclic) bond motifs is 1. The summed E-state index contributed by atoms with van der Waals surface area (Å²) in [7, 11) is -3.51. The van der Waals surface area contributed by atoms with E-state index in [4.69, 9.17) is 16.3 Å². The minimum atomic E-state index is -3.51. The lowest BCUT2D eigenvalue weighted by Gasteiger charge is -2.30. The zero-order valence-electron chi connectivity index (χ0n) is 12.0. The molecule has 0 saturated heterocycles. The topological polar surface area (TPSA) is 59.5 Å². The molecular formula is C15H15ClN2O3S. The molecule has 22 heavy (non-hydrogen) atoms. The number of aryl methyl sites for hydroxylation is 1. The molecule has 2 aromatic rings. The van der Waals surface area contributed by atoms with Crippen LogP contribution in [0.25, 0.3) is 0 Å². The third-order valence-electron chi connectivity index (χ3n) is 3.41. The highest BCUT2D eigenvalue weighted by Gasteiger charge is 2.28. The largest absolute Gasteiger partial charge is 0.489 e. The number of pyridine rings is 1. The second-order valence-electron chi connectivity index (χ2n) is 5.14. The van der Waals surface area contributed by atoms with Crippen molar-refractivity contribution in [1.29, 1.82) is 0 Å². The van der Waals surface area contributed by atoms with Crippen LogP contribution >= 0.6 is 11.6 Å². The van der Waals surface area contributed by atoms with Crippen molar-refractivity contribution in [2.24, 2.45) is 0 Å². The Morgan fingerprint density at radius 1 is 1.32 bits per heavy atom. The summed E-state index contributed by atoms with van der Waals surface area (Å²) in [5.74, 6) is 0.480. The highest BCUT2D eigenvalue weighted by molar-refractivity contribution is 7.92. The van der Waals surface area contributed by atoms with E-state index in [1.54, 1.807) is 18.2 Å². The van der Waals surface area contributed by atoms with Crippen molar-refractivity contribution in [1.82, 2.24) is 4.98 Å².